The molecule has 0 aromatic rings. The maximum Gasteiger partial charge on any atom is 0.408 e. The molecule has 0 saturated carbocycles. The zero-order chi connectivity index (χ0) is 10.3. The maximum atomic E-state index is 10.9. The highest BCUT2D eigenvalue weighted by atomic mass is 32.2. The van der Waals surface area contributed by atoms with Crippen LogP contribution in [0.2, 0.25) is 0 Å². The van der Waals surface area contributed by atoms with Gasteiger partial charge in [-0.05, 0) is 20.8 Å². The van der Waals surface area contributed by atoms with Gasteiger partial charge in [0.25, 0.3) is 0 Å². The lowest BCUT2D eigenvalue weighted by Crippen LogP contribution is -2.32. The highest BCUT2D eigenvalue weighted by Gasteiger charge is 2.15. The first-order valence-corrected chi connectivity index (χ1v) is 4.43. The third-order valence-electron chi connectivity index (χ3n) is 0.753. The Morgan fingerprint density at radius 3 is 2.62 bits per heavy atom. The summed E-state index contributed by atoms with van der Waals surface area (Å²) in [7, 11) is 0. The quantitative estimate of drug-likeness (QED) is 0.241. The van der Waals surface area contributed by atoms with Gasteiger partial charge in [0.05, 0.1) is 17.9 Å². The molecular weight excluding hydrogens is 198 g/mol. The Morgan fingerprint density at radius 1 is 1.54 bits per heavy atom. The molecule has 78 valence electrons. The van der Waals surface area contributed by atoms with Gasteiger partial charge in [-0.25, -0.2) is 10.1 Å². The predicted molar refractivity (Wildman–Crippen MR) is 46.6 cm³/mol. The smallest absolute Gasteiger partial charge is 0.408 e. The number of nitrogens with one attached hydrogen (secondary N) is 1. The van der Waals surface area contributed by atoms with Crippen molar-refractivity contribution in [2.75, 3.05) is 5.88 Å². The molecule has 0 unspecified atom stereocenters. The van der Waals surface area contributed by atoms with Crippen molar-refractivity contribution in [1.82, 2.24) is 5.32 Å². The fourth-order valence-corrected chi connectivity index (χ4v) is 0.716. The summed E-state index contributed by atoms with van der Waals surface area (Å²) in [6.07, 6.45) is -0.554. The summed E-state index contributed by atoms with van der Waals surface area (Å²) in [5, 5.41) is 13.4. The van der Waals surface area contributed by atoms with Crippen molar-refractivity contribution < 1.29 is 24.2 Å². The van der Waals surface area contributed by atoms with Crippen molar-refractivity contribution in [3.63, 3.8) is 0 Å². The van der Waals surface area contributed by atoms with Crippen molar-refractivity contribution in [1.29, 1.82) is 0 Å². The van der Waals surface area contributed by atoms with Crippen LogP contribution >= 0.6 is 12.0 Å². The molecule has 0 atom stereocenters. The highest BCUT2D eigenvalue weighted by Crippen LogP contribution is 2.07. The number of carbonyl (C=O) groups excluding carboxylic acids is 1. The summed E-state index contributed by atoms with van der Waals surface area (Å²) in [5.41, 5.74) is -0.525. The first-order chi connectivity index (χ1) is 5.95. The lowest BCUT2D eigenvalue weighted by Gasteiger charge is -2.19. The van der Waals surface area contributed by atoms with Crippen LogP contribution in [0.5, 0.6) is 0 Å². The summed E-state index contributed by atoms with van der Waals surface area (Å²) in [6.45, 7) is 5.27. The van der Waals surface area contributed by atoms with E-state index in [1.807, 2.05) is 0 Å². The zero-order valence-corrected chi connectivity index (χ0v) is 8.51. The number of rotatable bonds is 4. The maximum absolute atomic E-state index is 10.9. The molecule has 0 heterocycles. The van der Waals surface area contributed by atoms with E-state index in [0.29, 0.717) is 0 Å². The van der Waals surface area contributed by atoms with Crippen LogP contribution in [0, 0.1) is 0 Å². The summed E-state index contributed by atoms with van der Waals surface area (Å²) in [4.78, 5) is 10.9. The van der Waals surface area contributed by atoms with Gasteiger partial charge in [-0.3, -0.25) is 0 Å². The molecule has 7 heteroatoms. The van der Waals surface area contributed by atoms with Gasteiger partial charge in [-0.15, -0.1) is 4.33 Å². The fourth-order valence-electron chi connectivity index (χ4n) is 0.448. The number of amides is 1. The number of hydrogen-bond donors (Lipinski definition) is 2. The van der Waals surface area contributed by atoms with E-state index in [4.69, 9.17) is 9.99 Å². The van der Waals surface area contributed by atoms with Gasteiger partial charge in [0.1, 0.15) is 5.60 Å². The van der Waals surface area contributed by atoms with Crippen molar-refractivity contribution >= 4 is 18.1 Å². The standard InChI is InChI=1S/C6H13NO5S/c1-6(2,3)10-5(8)7-4-13-12-11-9/h9H,4H2,1-3H3,(H,7,8). The molecule has 0 bridgehead atoms. The molecule has 0 aliphatic carbocycles. The number of ether oxygens (including phenoxy) is 1. The van der Waals surface area contributed by atoms with E-state index in [2.05, 4.69) is 14.7 Å². The second-order valence-electron chi connectivity index (χ2n) is 3.08. The molecule has 0 radical (unpaired) electrons. The average molecular weight is 211 g/mol. The molecule has 1 amide bonds. The van der Waals surface area contributed by atoms with Gasteiger partial charge < -0.3 is 10.1 Å². The minimum absolute atomic E-state index is 0.121. The van der Waals surface area contributed by atoms with E-state index < -0.39 is 11.7 Å². The molecule has 0 rings (SSSR count). The molecule has 2 N–H and O–H groups in total. The van der Waals surface area contributed by atoms with Crippen molar-refractivity contribution in [3.8, 4) is 0 Å². The largest absolute Gasteiger partial charge is 0.444 e. The molecule has 0 aromatic heterocycles. The summed E-state index contributed by atoms with van der Waals surface area (Å²) >= 11 is 0.723. The number of hydrogen-bond acceptors (Lipinski definition) is 6. The van der Waals surface area contributed by atoms with Crippen LogP contribution in [0.3, 0.4) is 0 Å². The highest BCUT2D eigenvalue weighted by molar-refractivity contribution is 7.94. The fraction of sp³-hybridized carbons (Fsp3) is 0.833. The van der Waals surface area contributed by atoms with E-state index in [0.717, 1.165) is 12.0 Å². The predicted octanol–water partition coefficient (Wildman–Crippen LogP) is 1.54. The Morgan fingerprint density at radius 2 is 2.15 bits per heavy atom. The molecule has 0 fully saturated rings. The van der Waals surface area contributed by atoms with Gasteiger partial charge in [0.2, 0.25) is 0 Å². The van der Waals surface area contributed by atoms with Gasteiger partial charge >= 0.3 is 6.09 Å². The van der Waals surface area contributed by atoms with E-state index in [1.54, 1.807) is 20.8 Å². The van der Waals surface area contributed by atoms with E-state index >= 15 is 0 Å². The van der Waals surface area contributed by atoms with E-state index in [-0.39, 0.29) is 5.88 Å². The monoisotopic (exact) mass is 211 g/mol. The molecule has 0 aliphatic rings. The molecule has 0 spiro atoms. The Kier molecular flexibility index (Phi) is 5.80. The van der Waals surface area contributed by atoms with Crippen molar-refractivity contribution in [2.45, 2.75) is 26.4 Å². The molecule has 0 aromatic carbocycles. The van der Waals surface area contributed by atoms with Crippen molar-refractivity contribution in [3.05, 3.63) is 0 Å². The lowest BCUT2D eigenvalue weighted by molar-refractivity contribution is -0.432. The van der Waals surface area contributed by atoms with Crippen molar-refractivity contribution in [2.24, 2.45) is 0 Å². The van der Waals surface area contributed by atoms with E-state index in [9.17, 15) is 4.79 Å². The van der Waals surface area contributed by atoms with Gasteiger partial charge in [-0.2, -0.15) is 0 Å². The van der Waals surface area contributed by atoms with E-state index in [1.165, 1.54) is 0 Å². The van der Waals surface area contributed by atoms with Crippen LogP contribution < -0.4 is 5.32 Å². The summed E-state index contributed by atoms with van der Waals surface area (Å²) in [6, 6.07) is 0. The van der Waals surface area contributed by atoms with Crippen LogP contribution in [-0.2, 0) is 14.1 Å². The first-order valence-electron chi connectivity index (χ1n) is 3.52. The van der Waals surface area contributed by atoms with Gasteiger partial charge in [0, 0.05) is 0 Å². The third kappa shape index (κ3) is 9.41. The molecule has 0 aliphatic heterocycles. The second-order valence-corrected chi connectivity index (χ2v) is 3.74. The van der Waals surface area contributed by atoms with Crippen LogP contribution in [0.25, 0.3) is 0 Å². The van der Waals surface area contributed by atoms with Crippen LogP contribution in [0.4, 0.5) is 4.79 Å². The zero-order valence-electron chi connectivity index (χ0n) is 7.70. The SMILES string of the molecule is CC(C)(C)OC(=O)NCSOOO. The normalized spacial score (nSPS) is 11.1. The second kappa shape index (κ2) is 6.03. The van der Waals surface area contributed by atoms with Gasteiger partial charge in [0.15, 0.2) is 0 Å². The number of carbonyl (C=O) groups is 1. The first kappa shape index (κ1) is 12.5. The Bertz CT molecular complexity index is 158. The Labute approximate surface area is 80.6 Å². The third-order valence-corrected chi connectivity index (χ3v) is 1.17. The Hall–Kier alpha value is -0.500. The number of alkyl carbamates (subject to hydrolysis) is 1. The lowest BCUT2D eigenvalue weighted by atomic mass is 10.2. The minimum atomic E-state index is -0.554. The van der Waals surface area contributed by atoms with Gasteiger partial charge in [-0.1, -0.05) is 5.04 Å². The minimum Gasteiger partial charge on any atom is -0.444 e. The average Bonchev–Trinajstić information content (AvgIpc) is 1.94. The summed E-state index contributed by atoms with van der Waals surface area (Å²) in [5.74, 6) is 0.121. The molecule has 0 saturated heterocycles. The molecule has 6 nitrogen and oxygen atoms in total. The molecular formula is C6H13NO5S. The van der Waals surface area contributed by atoms with Crippen LogP contribution in [-0.4, -0.2) is 22.8 Å². The topological polar surface area (TPSA) is 77.0 Å². The summed E-state index contributed by atoms with van der Waals surface area (Å²) < 4.78 is 8.91. The van der Waals surface area contributed by atoms with Crippen LogP contribution in [0.1, 0.15) is 20.8 Å². The molecule has 13 heavy (non-hydrogen) atoms. The van der Waals surface area contributed by atoms with Crippen LogP contribution in [0.15, 0.2) is 0 Å². The Balaban J connectivity index is 3.41.